The molecule has 1 unspecified atom stereocenters. The van der Waals surface area contributed by atoms with Crippen molar-refractivity contribution in [1.82, 2.24) is 0 Å². The Hall–Kier alpha value is -2.42. The van der Waals surface area contributed by atoms with Crippen LogP contribution in [0.2, 0.25) is 0 Å². The summed E-state index contributed by atoms with van der Waals surface area (Å²) in [7, 11) is 0. The fourth-order valence-corrected chi connectivity index (χ4v) is 2.82. The molecule has 2 aromatic rings. The molecule has 1 fully saturated rings. The maximum atomic E-state index is 12.9. The first kappa shape index (κ1) is 13.6. The van der Waals surface area contributed by atoms with Gasteiger partial charge >= 0.3 is 5.97 Å². The minimum Gasteiger partial charge on any atom is -0.465 e. The summed E-state index contributed by atoms with van der Waals surface area (Å²) in [5.41, 5.74) is 0.454. The van der Waals surface area contributed by atoms with Crippen LogP contribution in [0.4, 0.5) is 0 Å². The Morgan fingerprint density at radius 3 is 2.19 bits per heavy atom. The first-order valence-electron chi connectivity index (χ1n) is 7.03. The second-order valence-corrected chi connectivity index (χ2v) is 5.33. The van der Waals surface area contributed by atoms with Crippen LogP contribution >= 0.6 is 0 Å². The Kier molecular flexibility index (Phi) is 3.57. The first-order chi connectivity index (χ1) is 10.2. The van der Waals surface area contributed by atoms with Gasteiger partial charge in [-0.2, -0.15) is 0 Å². The summed E-state index contributed by atoms with van der Waals surface area (Å²) in [6.45, 7) is 0.310. The smallest absolute Gasteiger partial charge is 0.320 e. The van der Waals surface area contributed by atoms with Crippen molar-refractivity contribution in [3.05, 3.63) is 71.8 Å². The van der Waals surface area contributed by atoms with Gasteiger partial charge in [0.05, 0.1) is 6.61 Å². The van der Waals surface area contributed by atoms with Crippen LogP contribution in [0.3, 0.4) is 0 Å². The predicted molar refractivity (Wildman–Crippen MR) is 78.9 cm³/mol. The Morgan fingerprint density at radius 1 is 1.00 bits per heavy atom. The molecule has 0 amide bonds. The van der Waals surface area contributed by atoms with E-state index >= 15 is 0 Å². The number of rotatable bonds is 4. The van der Waals surface area contributed by atoms with Crippen LogP contribution in [-0.2, 0) is 16.0 Å². The predicted octanol–water partition coefficient (Wildman–Crippen LogP) is 3.05. The number of hydrogen-bond acceptors (Lipinski definition) is 3. The van der Waals surface area contributed by atoms with Crippen LogP contribution in [0.1, 0.15) is 22.3 Å². The lowest BCUT2D eigenvalue weighted by Crippen LogP contribution is -2.38. The first-order valence-corrected chi connectivity index (χ1v) is 7.03. The summed E-state index contributed by atoms with van der Waals surface area (Å²) >= 11 is 0. The normalized spacial score (nSPS) is 21.0. The molecule has 21 heavy (non-hydrogen) atoms. The van der Waals surface area contributed by atoms with Crippen LogP contribution < -0.4 is 0 Å². The number of ether oxygens (including phenoxy) is 1. The van der Waals surface area contributed by atoms with Gasteiger partial charge in [0.25, 0.3) is 0 Å². The van der Waals surface area contributed by atoms with E-state index in [1.54, 1.807) is 12.1 Å². The van der Waals surface area contributed by atoms with Crippen molar-refractivity contribution in [2.24, 2.45) is 5.41 Å². The summed E-state index contributed by atoms with van der Waals surface area (Å²) in [4.78, 5) is 25.2. The zero-order valence-electron chi connectivity index (χ0n) is 11.6. The van der Waals surface area contributed by atoms with Gasteiger partial charge in [-0.3, -0.25) is 9.59 Å². The lowest BCUT2D eigenvalue weighted by molar-refractivity contribution is -0.144. The topological polar surface area (TPSA) is 43.4 Å². The Morgan fingerprint density at radius 2 is 1.62 bits per heavy atom. The minimum absolute atomic E-state index is 0.144. The summed E-state index contributed by atoms with van der Waals surface area (Å²) < 4.78 is 5.12. The summed E-state index contributed by atoms with van der Waals surface area (Å²) in [6, 6.07) is 18.6. The van der Waals surface area contributed by atoms with Gasteiger partial charge in [-0.1, -0.05) is 60.7 Å². The standard InChI is InChI=1S/C18H16O3/c19-16(15-9-5-2-6-10-15)18(11-12-21-17(18)20)13-14-7-3-1-4-8-14/h1-10H,11-13H2. The number of carbonyl (C=O) groups is 2. The number of carbonyl (C=O) groups excluding carboxylic acids is 2. The summed E-state index contributed by atoms with van der Waals surface area (Å²) in [6.07, 6.45) is 0.828. The Balaban J connectivity index is 1.98. The Bertz CT molecular complexity index is 649. The lowest BCUT2D eigenvalue weighted by atomic mass is 9.74. The lowest BCUT2D eigenvalue weighted by Gasteiger charge is -2.23. The van der Waals surface area contributed by atoms with Crippen molar-refractivity contribution in [3.63, 3.8) is 0 Å². The molecule has 2 aromatic carbocycles. The van der Waals surface area contributed by atoms with E-state index in [-0.39, 0.29) is 5.78 Å². The van der Waals surface area contributed by atoms with Crippen molar-refractivity contribution >= 4 is 11.8 Å². The van der Waals surface area contributed by atoms with Gasteiger partial charge in [-0.25, -0.2) is 0 Å². The second kappa shape index (κ2) is 5.52. The van der Waals surface area contributed by atoms with E-state index in [2.05, 4.69) is 0 Å². The van der Waals surface area contributed by atoms with Gasteiger partial charge in [-0.15, -0.1) is 0 Å². The summed E-state index contributed by atoms with van der Waals surface area (Å²) in [5, 5.41) is 0. The van der Waals surface area contributed by atoms with E-state index in [1.165, 1.54) is 0 Å². The number of hydrogen-bond donors (Lipinski definition) is 0. The SMILES string of the molecule is O=C1OCCC1(Cc1ccccc1)C(=O)c1ccccc1. The quantitative estimate of drug-likeness (QED) is 0.491. The molecule has 106 valence electrons. The van der Waals surface area contributed by atoms with Crippen molar-refractivity contribution < 1.29 is 14.3 Å². The van der Waals surface area contributed by atoms with Crippen LogP contribution in [0.25, 0.3) is 0 Å². The minimum atomic E-state index is -1.08. The molecule has 3 heteroatoms. The van der Waals surface area contributed by atoms with Gasteiger partial charge in [0.1, 0.15) is 5.41 Å². The van der Waals surface area contributed by atoms with Crippen LogP contribution in [-0.4, -0.2) is 18.4 Å². The fraction of sp³-hybridized carbons (Fsp3) is 0.222. The average molecular weight is 280 g/mol. The highest BCUT2D eigenvalue weighted by molar-refractivity contribution is 6.13. The third-order valence-corrected chi connectivity index (χ3v) is 3.97. The van der Waals surface area contributed by atoms with E-state index in [1.807, 2.05) is 48.5 Å². The van der Waals surface area contributed by atoms with Gasteiger partial charge in [-0.05, 0) is 12.0 Å². The van der Waals surface area contributed by atoms with Crippen molar-refractivity contribution in [3.8, 4) is 0 Å². The van der Waals surface area contributed by atoms with Gasteiger partial charge in [0, 0.05) is 12.0 Å². The van der Waals surface area contributed by atoms with E-state index in [4.69, 9.17) is 4.74 Å². The van der Waals surface area contributed by atoms with Gasteiger partial charge < -0.3 is 4.74 Å². The van der Waals surface area contributed by atoms with Gasteiger partial charge in [0.15, 0.2) is 5.78 Å². The number of benzene rings is 2. The van der Waals surface area contributed by atoms with E-state index < -0.39 is 11.4 Å². The van der Waals surface area contributed by atoms with E-state index in [9.17, 15) is 9.59 Å². The molecule has 1 atom stereocenters. The number of cyclic esters (lactones) is 1. The number of Topliss-reactive ketones (excluding diaryl/α,β-unsaturated/α-hetero) is 1. The van der Waals surface area contributed by atoms with E-state index in [0.29, 0.717) is 25.0 Å². The summed E-state index contributed by atoms with van der Waals surface area (Å²) in [5.74, 6) is -0.547. The molecule has 0 N–H and O–H groups in total. The third-order valence-electron chi connectivity index (χ3n) is 3.97. The maximum absolute atomic E-state index is 12.9. The molecule has 1 saturated heterocycles. The van der Waals surface area contributed by atoms with Gasteiger partial charge in [0.2, 0.25) is 0 Å². The van der Waals surface area contributed by atoms with Crippen LogP contribution in [0.5, 0.6) is 0 Å². The molecule has 1 heterocycles. The van der Waals surface area contributed by atoms with Crippen LogP contribution in [0, 0.1) is 5.41 Å². The Labute approximate surface area is 123 Å². The molecule has 0 radical (unpaired) electrons. The van der Waals surface area contributed by atoms with Crippen molar-refractivity contribution in [2.75, 3.05) is 6.61 Å². The number of esters is 1. The maximum Gasteiger partial charge on any atom is 0.320 e. The highest BCUT2D eigenvalue weighted by Gasteiger charge is 2.50. The molecule has 3 nitrogen and oxygen atoms in total. The molecule has 0 spiro atoms. The zero-order valence-corrected chi connectivity index (χ0v) is 11.6. The number of ketones is 1. The highest BCUT2D eigenvalue weighted by Crippen LogP contribution is 2.37. The second-order valence-electron chi connectivity index (χ2n) is 5.33. The molecular weight excluding hydrogens is 264 g/mol. The largest absolute Gasteiger partial charge is 0.465 e. The monoisotopic (exact) mass is 280 g/mol. The molecule has 1 aliphatic rings. The molecule has 3 rings (SSSR count). The highest BCUT2D eigenvalue weighted by atomic mass is 16.5. The fourth-order valence-electron chi connectivity index (χ4n) is 2.82. The molecular formula is C18H16O3. The van der Waals surface area contributed by atoms with Crippen molar-refractivity contribution in [2.45, 2.75) is 12.8 Å². The van der Waals surface area contributed by atoms with E-state index in [0.717, 1.165) is 5.56 Å². The van der Waals surface area contributed by atoms with Crippen molar-refractivity contribution in [1.29, 1.82) is 0 Å². The zero-order chi connectivity index (χ0) is 14.7. The average Bonchev–Trinajstić information content (AvgIpc) is 2.90. The molecule has 0 aliphatic carbocycles. The molecule has 0 bridgehead atoms. The van der Waals surface area contributed by atoms with Crippen LogP contribution in [0.15, 0.2) is 60.7 Å². The molecule has 0 saturated carbocycles. The molecule has 1 aliphatic heterocycles. The molecule has 0 aromatic heterocycles. The third kappa shape index (κ3) is 2.47.